The van der Waals surface area contributed by atoms with Crippen molar-refractivity contribution in [2.24, 2.45) is 0 Å². The van der Waals surface area contributed by atoms with Gasteiger partial charge in [-0.05, 0) is 48.0 Å². The fourth-order valence-corrected chi connectivity index (χ4v) is 2.33. The number of esters is 1. The predicted octanol–water partition coefficient (Wildman–Crippen LogP) is 4.57. The third kappa shape index (κ3) is 4.76. The van der Waals surface area contributed by atoms with Crippen molar-refractivity contribution in [2.75, 3.05) is 5.32 Å². The van der Waals surface area contributed by atoms with Crippen LogP contribution in [0.3, 0.4) is 0 Å². The Balaban J connectivity index is 1.58. The van der Waals surface area contributed by atoms with Crippen LogP contribution in [0.1, 0.15) is 26.3 Å². The van der Waals surface area contributed by atoms with Gasteiger partial charge < -0.3 is 10.1 Å². The van der Waals surface area contributed by atoms with Gasteiger partial charge in [0.1, 0.15) is 6.61 Å². The van der Waals surface area contributed by atoms with E-state index in [1.807, 2.05) is 18.2 Å². The first-order chi connectivity index (χ1) is 13.0. The van der Waals surface area contributed by atoms with Crippen LogP contribution in [0.15, 0.2) is 72.8 Å². The second-order valence-corrected chi connectivity index (χ2v) is 5.72. The van der Waals surface area contributed by atoms with E-state index in [4.69, 9.17) is 4.74 Å². The van der Waals surface area contributed by atoms with Gasteiger partial charge in [0, 0.05) is 11.3 Å². The second kappa shape index (κ2) is 8.23. The minimum atomic E-state index is -1.11. The Morgan fingerprint density at radius 1 is 0.815 bits per heavy atom. The topological polar surface area (TPSA) is 55.4 Å². The molecule has 0 aliphatic rings. The van der Waals surface area contributed by atoms with E-state index in [0.29, 0.717) is 16.8 Å². The first-order valence-electron chi connectivity index (χ1n) is 8.10. The molecule has 0 saturated heterocycles. The van der Waals surface area contributed by atoms with Crippen LogP contribution >= 0.6 is 0 Å². The Bertz CT molecular complexity index is 957. The van der Waals surface area contributed by atoms with Crippen molar-refractivity contribution in [3.05, 3.63) is 101 Å². The molecule has 0 radical (unpaired) electrons. The fraction of sp³-hybridized carbons (Fsp3) is 0.0476. The average Bonchev–Trinajstić information content (AvgIpc) is 2.69. The minimum absolute atomic E-state index is 0.0571. The molecule has 0 bridgehead atoms. The summed E-state index contributed by atoms with van der Waals surface area (Å²) >= 11 is 0. The molecule has 6 heteroatoms. The van der Waals surface area contributed by atoms with Crippen molar-refractivity contribution in [3.63, 3.8) is 0 Å². The number of carbonyl (C=O) groups is 2. The van der Waals surface area contributed by atoms with Crippen molar-refractivity contribution < 1.29 is 23.1 Å². The van der Waals surface area contributed by atoms with E-state index >= 15 is 0 Å². The number of para-hydroxylation sites is 1. The molecule has 0 aromatic heterocycles. The molecule has 0 heterocycles. The number of anilines is 1. The van der Waals surface area contributed by atoms with Crippen LogP contribution in [-0.4, -0.2) is 11.9 Å². The van der Waals surface area contributed by atoms with Gasteiger partial charge in [-0.25, -0.2) is 13.6 Å². The number of carbonyl (C=O) groups excluding carboxylic acids is 2. The number of hydrogen-bond acceptors (Lipinski definition) is 3. The fourth-order valence-electron chi connectivity index (χ4n) is 2.33. The summed E-state index contributed by atoms with van der Waals surface area (Å²) in [5.74, 6) is -3.17. The summed E-state index contributed by atoms with van der Waals surface area (Å²) in [6, 6.07) is 18.4. The molecule has 3 rings (SSSR count). The molecule has 0 unspecified atom stereocenters. The van der Waals surface area contributed by atoms with Gasteiger partial charge >= 0.3 is 5.97 Å². The van der Waals surface area contributed by atoms with Gasteiger partial charge in [-0.15, -0.1) is 0 Å². The molecule has 0 aliphatic heterocycles. The molecule has 1 amide bonds. The number of amides is 1. The molecule has 0 aliphatic carbocycles. The molecule has 0 atom stereocenters. The Morgan fingerprint density at radius 2 is 1.48 bits per heavy atom. The van der Waals surface area contributed by atoms with E-state index in [2.05, 4.69) is 5.32 Å². The van der Waals surface area contributed by atoms with Crippen molar-refractivity contribution >= 4 is 17.6 Å². The van der Waals surface area contributed by atoms with E-state index in [-0.39, 0.29) is 18.1 Å². The zero-order chi connectivity index (χ0) is 19.2. The van der Waals surface area contributed by atoms with Crippen LogP contribution in [0.25, 0.3) is 0 Å². The number of ether oxygens (including phenoxy) is 1. The summed E-state index contributed by atoms with van der Waals surface area (Å²) < 4.78 is 31.1. The molecule has 4 nitrogen and oxygen atoms in total. The number of hydrogen-bond donors (Lipinski definition) is 1. The maximum absolute atomic E-state index is 13.2. The summed E-state index contributed by atoms with van der Waals surface area (Å²) in [4.78, 5) is 24.1. The number of rotatable bonds is 5. The monoisotopic (exact) mass is 367 g/mol. The Kier molecular flexibility index (Phi) is 5.56. The zero-order valence-electron chi connectivity index (χ0n) is 14.1. The summed E-state index contributed by atoms with van der Waals surface area (Å²) in [6.45, 7) is -0.0571. The summed E-state index contributed by atoms with van der Waals surface area (Å²) in [6.07, 6.45) is 0. The van der Waals surface area contributed by atoms with Crippen molar-refractivity contribution in [1.29, 1.82) is 0 Å². The van der Waals surface area contributed by atoms with Crippen molar-refractivity contribution in [3.8, 4) is 0 Å². The largest absolute Gasteiger partial charge is 0.457 e. The third-order valence-corrected chi connectivity index (χ3v) is 3.77. The highest BCUT2D eigenvalue weighted by atomic mass is 19.2. The molecule has 0 fully saturated rings. The highest BCUT2D eigenvalue weighted by molar-refractivity contribution is 6.04. The van der Waals surface area contributed by atoms with Gasteiger partial charge in [-0.3, -0.25) is 4.79 Å². The van der Waals surface area contributed by atoms with E-state index in [9.17, 15) is 18.4 Å². The van der Waals surface area contributed by atoms with E-state index in [1.165, 1.54) is 0 Å². The lowest BCUT2D eigenvalue weighted by Gasteiger charge is -2.07. The van der Waals surface area contributed by atoms with Crippen LogP contribution in [0, 0.1) is 11.6 Å². The van der Waals surface area contributed by atoms with Gasteiger partial charge in [-0.1, -0.05) is 30.3 Å². The Labute approximate surface area is 154 Å². The highest BCUT2D eigenvalue weighted by Crippen LogP contribution is 2.13. The normalized spacial score (nSPS) is 10.3. The predicted molar refractivity (Wildman–Crippen MR) is 96.3 cm³/mol. The number of nitrogens with one attached hydrogen (secondary N) is 1. The van der Waals surface area contributed by atoms with Crippen LogP contribution < -0.4 is 5.32 Å². The lowest BCUT2D eigenvalue weighted by atomic mass is 10.1. The highest BCUT2D eigenvalue weighted by Gasteiger charge is 2.11. The Morgan fingerprint density at radius 3 is 2.15 bits per heavy atom. The third-order valence-electron chi connectivity index (χ3n) is 3.77. The summed E-state index contributed by atoms with van der Waals surface area (Å²) in [5, 5.41) is 2.77. The molecule has 1 N–H and O–H groups in total. The molecule has 0 saturated carbocycles. The van der Waals surface area contributed by atoms with Gasteiger partial charge in [0.05, 0.1) is 5.56 Å². The van der Waals surface area contributed by atoms with Crippen LogP contribution in [0.2, 0.25) is 0 Å². The van der Waals surface area contributed by atoms with E-state index in [0.717, 1.165) is 18.2 Å². The first-order valence-corrected chi connectivity index (χ1v) is 8.10. The lowest BCUT2D eigenvalue weighted by molar-refractivity contribution is 0.0472. The number of benzene rings is 3. The molecule has 3 aromatic rings. The second-order valence-electron chi connectivity index (χ2n) is 5.72. The maximum Gasteiger partial charge on any atom is 0.338 e. The smallest absolute Gasteiger partial charge is 0.338 e. The molecular weight excluding hydrogens is 352 g/mol. The molecular formula is C21H15F2NO3. The van der Waals surface area contributed by atoms with Gasteiger partial charge in [0.15, 0.2) is 11.6 Å². The SMILES string of the molecule is O=C(Nc1ccccc1)c1ccc(COC(=O)c2ccc(F)c(F)c2)cc1. The molecule has 27 heavy (non-hydrogen) atoms. The van der Waals surface area contributed by atoms with E-state index < -0.39 is 17.6 Å². The van der Waals surface area contributed by atoms with Crippen molar-refractivity contribution in [1.82, 2.24) is 0 Å². The molecule has 136 valence electrons. The average molecular weight is 367 g/mol. The lowest BCUT2D eigenvalue weighted by Crippen LogP contribution is -2.12. The van der Waals surface area contributed by atoms with Crippen molar-refractivity contribution in [2.45, 2.75) is 6.61 Å². The summed E-state index contributed by atoms with van der Waals surface area (Å²) in [5.41, 5.74) is 1.72. The quantitative estimate of drug-likeness (QED) is 0.672. The Hall–Kier alpha value is -3.54. The van der Waals surface area contributed by atoms with Crippen LogP contribution in [0.5, 0.6) is 0 Å². The molecule has 0 spiro atoms. The van der Waals surface area contributed by atoms with Gasteiger partial charge in [0.25, 0.3) is 5.91 Å². The maximum atomic E-state index is 13.2. The van der Waals surface area contributed by atoms with Gasteiger partial charge in [-0.2, -0.15) is 0 Å². The van der Waals surface area contributed by atoms with Gasteiger partial charge in [0.2, 0.25) is 0 Å². The van der Waals surface area contributed by atoms with Crippen LogP contribution in [0.4, 0.5) is 14.5 Å². The standard InChI is InChI=1S/C21H15F2NO3/c22-18-11-10-16(12-19(18)23)21(26)27-13-14-6-8-15(9-7-14)20(25)24-17-4-2-1-3-5-17/h1-12H,13H2,(H,24,25). The summed E-state index contributed by atoms with van der Waals surface area (Å²) in [7, 11) is 0. The molecule has 3 aromatic carbocycles. The van der Waals surface area contributed by atoms with E-state index in [1.54, 1.807) is 36.4 Å². The van der Waals surface area contributed by atoms with Crippen LogP contribution in [-0.2, 0) is 11.3 Å². The minimum Gasteiger partial charge on any atom is -0.457 e. The first kappa shape index (κ1) is 18.3. The number of halogens is 2. The zero-order valence-corrected chi connectivity index (χ0v) is 14.1.